The highest BCUT2D eigenvalue weighted by Gasteiger charge is 2.08. The molecule has 5 heteroatoms. The van der Waals surface area contributed by atoms with Gasteiger partial charge in [-0.05, 0) is 60.0 Å². The first-order valence-corrected chi connectivity index (χ1v) is 9.34. The molecular weight excluding hydrogens is 348 g/mol. The van der Waals surface area contributed by atoms with Crippen molar-refractivity contribution in [3.63, 3.8) is 0 Å². The van der Waals surface area contributed by atoms with Gasteiger partial charge in [-0.25, -0.2) is 4.98 Å². The number of hydrogen-bond acceptors (Lipinski definition) is 4. The number of aromatic nitrogens is 1. The smallest absolute Gasteiger partial charge is 0.255 e. The number of nitrogens with zero attached hydrogens (tertiary/aromatic N) is 2. The minimum Gasteiger partial charge on any atom is -0.378 e. The molecule has 5 nitrogen and oxygen atoms in total. The second kappa shape index (κ2) is 8.57. The van der Waals surface area contributed by atoms with Crippen molar-refractivity contribution in [3.8, 4) is 0 Å². The number of nitrogens with one attached hydrogen (secondary N) is 2. The average Bonchev–Trinajstić information content (AvgIpc) is 2.69. The summed E-state index contributed by atoms with van der Waals surface area (Å²) in [6.07, 6.45) is 1.63. The Morgan fingerprint density at radius 3 is 2.18 bits per heavy atom. The lowest BCUT2D eigenvalue weighted by Gasteiger charge is -2.13. The predicted octanol–water partition coefficient (Wildman–Crippen LogP) is 5.27. The lowest BCUT2D eigenvalue weighted by Crippen LogP contribution is -2.12. The van der Waals surface area contributed by atoms with E-state index in [4.69, 9.17) is 0 Å². The van der Waals surface area contributed by atoms with Crippen LogP contribution < -0.4 is 15.5 Å². The number of hydrogen-bond donors (Lipinski definition) is 2. The topological polar surface area (TPSA) is 57.3 Å². The van der Waals surface area contributed by atoms with Crippen LogP contribution in [-0.2, 0) is 0 Å². The van der Waals surface area contributed by atoms with Gasteiger partial charge in [-0.15, -0.1) is 0 Å². The Bertz CT molecular complexity index is 932. The molecule has 0 fully saturated rings. The molecule has 0 atom stereocenters. The largest absolute Gasteiger partial charge is 0.378 e. The maximum Gasteiger partial charge on any atom is 0.255 e. The third kappa shape index (κ3) is 4.88. The second-order valence-corrected chi connectivity index (χ2v) is 7.23. The van der Waals surface area contributed by atoms with Gasteiger partial charge in [0.15, 0.2) is 0 Å². The lowest BCUT2D eigenvalue weighted by molar-refractivity contribution is 0.102. The van der Waals surface area contributed by atoms with Crippen LogP contribution in [0.1, 0.15) is 35.7 Å². The van der Waals surface area contributed by atoms with Crippen LogP contribution in [-0.4, -0.2) is 25.0 Å². The fourth-order valence-electron chi connectivity index (χ4n) is 2.79. The van der Waals surface area contributed by atoms with Crippen molar-refractivity contribution in [2.24, 2.45) is 0 Å². The van der Waals surface area contributed by atoms with E-state index in [0.29, 0.717) is 17.3 Å². The van der Waals surface area contributed by atoms with E-state index in [0.717, 1.165) is 17.1 Å². The first-order chi connectivity index (χ1) is 13.4. The van der Waals surface area contributed by atoms with E-state index < -0.39 is 0 Å². The Morgan fingerprint density at radius 1 is 0.929 bits per heavy atom. The lowest BCUT2D eigenvalue weighted by atomic mass is 10.0. The van der Waals surface area contributed by atoms with Crippen LogP contribution in [0.5, 0.6) is 0 Å². The second-order valence-electron chi connectivity index (χ2n) is 7.23. The van der Waals surface area contributed by atoms with Gasteiger partial charge in [-0.1, -0.05) is 26.0 Å². The maximum absolute atomic E-state index is 12.6. The maximum atomic E-state index is 12.6. The minimum absolute atomic E-state index is 0.161. The molecule has 144 valence electrons. The van der Waals surface area contributed by atoms with Crippen molar-refractivity contribution in [2.75, 3.05) is 29.6 Å². The van der Waals surface area contributed by atoms with Gasteiger partial charge < -0.3 is 15.5 Å². The highest BCUT2D eigenvalue weighted by atomic mass is 16.1. The number of anilines is 4. The molecule has 3 aromatic rings. The van der Waals surface area contributed by atoms with Gasteiger partial charge in [-0.3, -0.25) is 4.79 Å². The molecule has 0 bridgehead atoms. The van der Waals surface area contributed by atoms with Gasteiger partial charge in [0.2, 0.25) is 0 Å². The normalized spacial score (nSPS) is 10.6. The van der Waals surface area contributed by atoms with Crippen LogP contribution in [0.15, 0.2) is 66.9 Å². The molecule has 0 unspecified atom stereocenters. The summed E-state index contributed by atoms with van der Waals surface area (Å²) >= 11 is 0. The molecule has 0 saturated carbocycles. The monoisotopic (exact) mass is 374 g/mol. The third-order valence-electron chi connectivity index (χ3n) is 4.51. The molecule has 0 spiro atoms. The summed E-state index contributed by atoms with van der Waals surface area (Å²) in [6.45, 7) is 4.29. The first-order valence-electron chi connectivity index (χ1n) is 9.34. The third-order valence-corrected chi connectivity index (χ3v) is 4.51. The molecule has 0 aliphatic rings. The summed E-state index contributed by atoms with van der Waals surface area (Å²) in [5.74, 6) is 0.927. The molecule has 28 heavy (non-hydrogen) atoms. The summed E-state index contributed by atoms with van der Waals surface area (Å²) < 4.78 is 0. The van der Waals surface area contributed by atoms with Gasteiger partial charge in [0.1, 0.15) is 5.82 Å². The Kier molecular flexibility index (Phi) is 5.94. The van der Waals surface area contributed by atoms with Crippen molar-refractivity contribution in [1.82, 2.24) is 4.98 Å². The number of carbonyl (C=O) groups is 1. The van der Waals surface area contributed by atoms with Gasteiger partial charge in [0.25, 0.3) is 5.91 Å². The summed E-state index contributed by atoms with van der Waals surface area (Å²) in [5.41, 5.74) is 4.61. The fourth-order valence-corrected chi connectivity index (χ4v) is 2.79. The predicted molar refractivity (Wildman–Crippen MR) is 117 cm³/mol. The van der Waals surface area contributed by atoms with Crippen LogP contribution in [0.4, 0.5) is 22.9 Å². The fraction of sp³-hybridized carbons (Fsp3) is 0.217. The molecule has 1 aromatic heterocycles. The standard InChI is InChI=1S/C23H26N4O/c1-16(2)17-5-7-20(8-6-17)26-23(28)18-13-14-24-22(15-18)25-19-9-11-21(12-10-19)27(3)4/h5-16H,1-4H3,(H,24,25)(H,26,28). The molecule has 0 aliphatic heterocycles. The Morgan fingerprint density at radius 2 is 1.57 bits per heavy atom. The van der Waals surface area contributed by atoms with Crippen LogP contribution in [0.3, 0.4) is 0 Å². The Balaban J connectivity index is 1.68. The Hall–Kier alpha value is -3.34. The van der Waals surface area contributed by atoms with Crippen LogP contribution >= 0.6 is 0 Å². The molecule has 1 heterocycles. The summed E-state index contributed by atoms with van der Waals surface area (Å²) in [4.78, 5) is 18.9. The molecule has 2 aromatic carbocycles. The molecule has 0 aliphatic carbocycles. The van der Waals surface area contributed by atoms with E-state index in [-0.39, 0.29) is 5.91 Å². The van der Waals surface area contributed by atoms with Crippen LogP contribution in [0.2, 0.25) is 0 Å². The Labute approximate surface area is 166 Å². The summed E-state index contributed by atoms with van der Waals surface area (Å²) in [5, 5.41) is 6.17. The van der Waals surface area contributed by atoms with Crippen molar-refractivity contribution in [1.29, 1.82) is 0 Å². The van der Waals surface area contributed by atoms with Gasteiger partial charge >= 0.3 is 0 Å². The summed E-state index contributed by atoms with van der Waals surface area (Å²) in [7, 11) is 4.00. The van der Waals surface area contributed by atoms with Crippen molar-refractivity contribution >= 4 is 28.8 Å². The number of pyridine rings is 1. The number of rotatable bonds is 6. The zero-order valence-corrected chi connectivity index (χ0v) is 16.7. The summed E-state index contributed by atoms with van der Waals surface area (Å²) in [6, 6.07) is 19.4. The molecular formula is C23H26N4O. The van der Waals surface area contributed by atoms with Gasteiger partial charge in [0, 0.05) is 42.9 Å². The SMILES string of the molecule is CC(C)c1ccc(NC(=O)c2ccnc(Nc3ccc(N(C)C)cc3)c2)cc1. The molecule has 1 amide bonds. The highest BCUT2D eigenvalue weighted by molar-refractivity contribution is 6.04. The van der Waals surface area contributed by atoms with Crippen molar-refractivity contribution < 1.29 is 4.79 Å². The highest BCUT2D eigenvalue weighted by Crippen LogP contribution is 2.21. The average molecular weight is 374 g/mol. The van der Waals surface area contributed by atoms with E-state index in [2.05, 4.69) is 29.5 Å². The van der Waals surface area contributed by atoms with Crippen LogP contribution in [0.25, 0.3) is 0 Å². The molecule has 2 N–H and O–H groups in total. The zero-order chi connectivity index (χ0) is 20.1. The van der Waals surface area contributed by atoms with Crippen molar-refractivity contribution in [3.05, 3.63) is 78.0 Å². The minimum atomic E-state index is -0.161. The van der Waals surface area contributed by atoms with Gasteiger partial charge in [-0.2, -0.15) is 0 Å². The van der Waals surface area contributed by atoms with Crippen LogP contribution in [0, 0.1) is 0 Å². The van der Waals surface area contributed by atoms with E-state index in [9.17, 15) is 4.79 Å². The molecule has 0 saturated heterocycles. The molecule has 3 rings (SSSR count). The quantitative estimate of drug-likeness (QED) is 0.617. The van der Waals surface area contributed by atoms with Crippen molar-refractivity contribution in [2.45, 2.75) is 19.8 Å². The van der Waals surface area contributed by atoms with Gasteiger partial charge in [0.05, 0.1) is 0 Å². The number of benzene rings is 2. The van der Waals surface area contributed by atoms with E-state index in [1.807, 2.05) is 67.5 Å². The zero-order valence-electron chi connectivity index (χ0n) is 16.7. The number of amides is 1. The first kappa shape index (κ1) is 19.4. The van der Waals surface area contributed by atoms with E-state index >= 15 is 0 Å². The number of carbonyl (C=O) groups excluding carboxylic acids is 1. The molecule has 0 radical (unpaired) electrons. The van der Waals surface area contributed by atoms with E-state index in [1.54, 1.807) is 18.3 Å². The van der Waals surface area contributed by atoms with E-state index in [1.165, 1.54) is 5.56 Å².